The molecule has 0 saturated heterocycles. The Morgan fingerprint density at radius 2 is 0.658 bits per heavy atom. The zero-order chi connectivity index (χ0) is 54.1. The Bertz CT molecular complexity index is 3340. The zero-order valence-corrected chi connectivity index (χ0v) is 41.8. The van der Waals surface area contributed by atoms with Crippen molar-refractivity contribution >= 4 is 74.7 Å². The summed E-state index contributed by atoms with van der Waals surface area (Å²) in [6.07, 6.45) is 31.1. The van der Waals surface area contributed by atoms with Gasteiger partial charge in [0.15, 0.2) is 0 Å². The van der Waals surface area contributed by atoms with Gasteiger partial charge in [0.2, 0.25) is 0 Å². The van der Waals surface area contributed by atoms with Crippen LogP contribution in [0.1, 0.15) is 33.8 Å². The first-order valence-corrected chi connectivity index (χ1v) is 26.6. The van der Waals surface area contributed by atoms with Crippen LogP contribution >= 0.6 is 0 Å². The quantitative estimate of drug-likeness (QED) is 0.0544. The van der Waals surface area contributed by atoms with Crippen LogP contribution in [-0.2, 0) is 0 Å². The van der Waals surface area contributed by atoms with Crippen LogP contribution in [0.3, 0.4) is 0 Å². The predicted molar refractivity (Wildman–Crippen MR) is 267 cm³/mol. The van der Waals surface area contributed by atoms with Gasteiger partial charge in [0, 0.05) is 0 Å². The molecule has 76 heavy (non-hydrogen) atoms. The Morgan fingerprint density at radius 1 is 0.408 bits per heavy atom. The fourth-order valence-corrected chi connectivity index (χ4v) is 17.2. The van der Waals surface area contributed by atoms with Crippen LogP contribution in [0, 0.1) is 107 Å². The van der Waals surface area contributed by atoms with E-state index in [1.807, 2.05) is 0 Å². The number of hydrogen-bond acceptors (Lipinski definition) is 6. The summed E-state index contributed by atoms with van der Waals surface area (Å²) in [5.74, 6) is -16.7. The molecule has 3 aromatic heterocycles. The Hall–Kier alpha value is -8.94. The van der Waals surface area contributed by atoms with E-state index in [1.54, 1.807) is 0 Å². The van der Waals surface area contributed by atoms with Crippen LogP contribution in [0.4, 0.5) is 69.7 Å². The van der Waals surface area contributed by atoms with Gasteiger partial charge in [-0.3, -0.25) is 0 Å². The monoisotopic (exact) mass is 1150 g/mol. The van der Waals surface area contributed by atoms with Gasteiger partial charge in [-0.25, -0.2) is 0 Å². The van der Waals surface area contributed by atoms with Gasteiger partial charge in [0.25, 0.3) is 0 Å². The van der Waals surface area contributed by atoms with Gasteiger partial charge in [0.1, 0.15) is 0 Å². The zero-order valence-electron chi connectivity index (χ0n) is 38.5. The van der Waals surface area contributed by atoms with Crippen LogP contribution in [0.2, 0.25) is 0 Å². The maximum atomic E-state index is 16.7. The van der Waals surface area contributed by atoms with Gasteiger partial charge in [-0.05, 0) is 0 Å². The van der Waals surface area contributed by atoms with Crippen molar-refractivity contribution in [2.75, 3.05) is 35.6 Å². The third-order valence-electron chi connectivity index (χ3n) is 11.9. The summed E-state index contributed by atoms with van der Waals surface area (Å²) in [4.78, 5) is 12.7. The van der Waals surface area contributed by atoms with Crippen molar-refractivity contribution in [2.24, 2.45) is 15.0 Å². The maximum absolute atomic E-state index is 16.7. The Labute approximate surface area is 432 Å². The number of aromatic nitrogens is 3. The van der Waals surface area contributed by atoms with Crippen molar-refractivity contribution in [3.05, 3.63) is 212 Å². The molecule has 0 aliphatic carbocycles. The number of rotatable bonds is 15. The molecule has 0 atom stereocenters. The summed E-state index contributed by atoms with van der Waals surface area (Å²) in [7, 11) is 0. The summed E-state index contributed by atoms with van der Waals surface area (Å²) in [6, 6.07) is 7.82. The molecular weight excluding hydrogens is 1120 g/mol. The molecular formula is C54H30F12InN9. The van der Waals surface area contributed by atoms with E-state index < -0.39 is 162 Å². The number of benzene rings is 3. The molecule has 9 rings (SSSR count). The minimum atomic E-state index is -5.36. The average Bonchev–Trinajstić information content (AvgIpc) is 4.36. The standard InChI is InChI=1S/3C18H10F4N3.In/c3*1-2-7-25-18-16(21)14(19)13(15(20)17(18)22)12(10-5-3-8-23-10)11-6-4-9-24-11;/h3*1,3-6,8-9,25H,7H2;/q3*-1;+3/b3*12-10+;. The van der Waals surface area contributed by atoms with Crippen LogP contribution < -0.4 is 16.0 Å². The molecule has 3 aromatic carbocycles. The van der Waals surface area contributed by atoms with E-state index in [9.17, 15) is 0 Å². The number of aliphatic imine (C=N–C) groups is 3. The Kier molecular flexibility index (Phi) is 14.7. The van der Waals surface area contributed by atoms with Crippen molar-refractivity contribution in [2.45, 2.75) is 0 Å². The summed E-state index contributed by atoms with van der Waals surface area (Å²) < 4.78 is 201. The summed E-state index contributed by atoms with van der Waals surface area (Å²) in [6.45, 7) is -1.66. The molecule has 22 heteroatoms. The SMILES string of the molecule is C#CCNc1c(F)c(F)c(/C(=C2\C=CC=N2)c2ccc[n]2[In]([n]2cccc2/C(=C2/C=CC=N2)c2c(F)c(F)c(NCC#C)c(F)c2F)[n]2cccc2/C(=C2/C=CC=N2)c2c(F)c(F)c(NCC#C)c(F)c2F)c(F)c1F. The normalized spacial score (nSPS) is 15.1. The van der Waals surface area contributed by atoms with Crippen LogP contribution in [0.25, 0.3) is 16.7 Å². The molecule has 378 valence electrons. The van der Waals surface area contributed by atoms with E-state index in [2.05, 4.69) is 48.7 Å². The average molecular weight is 1150 g/mol. The van der Waals surface area contributed by atoms with E-state index >= 15 is 52.7 Å². The van der Waals surface area contributed by atoms with Crippen molar-refractivity contribution in [1.82, 2.24) is 7.66 Å². The van der Waals surface area contributed by atoms with Crippen molar-refractivity contribution < 1.29 is 52.7 Å². The fraction of sp³-hybridized carbons (Fsp3) is 0.0556. The molecule has 6 heterocycles. The molecule has 0 fully saturated rings. The Morgan fingerprint density at radius 3 is 0.868 bits per heavy atom. The van der Waals surface area contributed by atoms with Crippen LogP contribution in [-0.4, -0.2) is 68.2 Å². The number of halogens is 12. The van der Waals surface area contributed by atoms with Gasteiger partial charge in [-0.2, -0.15) is 0 Å². The first-order valence-electron chi connectivity index (χ1n) is 22.2. The molecule has 0 bridgehead atoms. The Balaban J connectivity index is 1.39. The second kappa shape index (κ2) is 21.5. The van der Waals surface area contributed by atoms with Gasteiger partial charge >= 0.3 is 435 Å². The molecule has 0 spiro atoms. The number of anilines is 3. The summed E-state index contributed by atoms with van der Waals surface area (Å²) in [5.41, 5.74) is -10.9. The van der Waals surface area contributed by atoms with Crippen molar-refractivity contribution in [3.8, 4) is 37.0 Å². The van der Waals surface area contributed by atoms with E-state index in [-0.39, 0.29) is 34.2 Å². The van der Waals surface area contributed by atoms with Gasteiger partial charge < -0.3 is 0 Å². The van der Waals surface area contributed by atoms with Crippen molar-refractivity contribution in [1.29, 1.82) is 0 Å². The van der Waals surface area contributed by atoms with Gasteiger partial charge in [0.05, 0.1) is 0 Å². The molecule has 9 nitrogen and oxygen atoms in total. The molecule has 0 unspecified atom stereocenters. The molecule has 3 aliphatic rings. The molecule has 0 saturated carbocycles. The van der Waals surface area contributed by atoms with E-state index in [1.165, 1.54) is 118 Å². The molecule has 0 radical (unpaired) electrons. The number of nitrogens with zero attached hydrogens (tertiary/aromatic N) is 6. The number of hydrogen-bond donors (Lipinski definition) is 3. The molecule has 0 amide bonds. The summed E-state index contributed by atoms with van der Waals surface area (Å²) in [5, 5.41) is 6.36. The van der Waals surface area contributed by atoms with E-state index in [0.29, 0.717) is 0 Å². The summed E-state index contributed by atoms with van der Waals surface area (Å²) >= 11 is -5.36. The molecule has 6 aromatic rings. The van der Waals surface area contributed by atoms with Crippen LogP contribution in [0.15, 0.2) is 124 Å². The third kappa shape index (κ3) is 8.81. The van der Waals surface area contributed by atoms with Crippen molar-refractivity contribution in [3.63, 3.8) is 0 Å². The fourth-order valence-electron chi connectivity index (χ4n) is 8.77. The van der Waals surface area contributed by atoms with E-state index in [4.69, 9.17) is 19.3 Å². The first-order chi connectivity index (χ1) is 36.7. The predicted octanol–water partition coefficient (Wildman–Crippen LogP) is 11.0. The minimum absolute atomic E-state index is 0.266. The van der Waals surface area contributed by atoms with Crippen LogP contribution in [0.5, 0.6) is 0 Å². The topological polar surface area (TPSA) is 88.0 Å². The second-order valence-corrected chi connectivity index (χ2v) is 22.9. The van der Waals surface area contributed by atoms with Gasteiger partial charge in [-0.15, -0.1) is 0 Å². The number of allylic oxidation sites excluding steroid dienone is 6. The second-order valence-electron chi connectivity index (χ2n) is 16.1. The van der Waals surface area contributed by atoms with E-state index in [0.717, 1.165) is 0 Å². The molecule has 3 N–H and O–H groups in total. The third-order valence-corrected chi connectivity index (χ3v) is 20.0. The molecule has 3 aliphatic heterocycles. The number of nitrogens with one attached hydrogen (secondary N) is 3. The first kappa shape index (κ1) is 51.9. The van der Waals surface area contributed by atoms with Gasteiger partial charge in [-0.1, -0.05) is 0 Å². The number of terminal acetylenes is 3.